The summed E-state index contributed by atoms with van der Waals surface area (Å²) in [7, 11) is 0. The Labute approximate surface area is 153 Å². The number of amidine groups is 1. The van der Waals surface area contributed by atoms with Gasteiger partial charge in [0.15, 0.2) is 5.17 Å². The lowest BCUT2D eigenvalue weighted by Gasteiger charge is -2.13. The monoisotopic (exact) mass is 381 g/mol. The first kappa shape index (κ1) is 17.2. The van der Waals surface area contributed by atoms with Gasteiger partial charge >= 0.3 is 0 Å². The Bertz CT molecular complexity index is 713. The van der Waals surface area contributed by atoms with Crippen molar-refractivity contribution in [2.45, 2.75) is 12.8 Å². The van der Waals surface area contributed by atoms with E-state index in [-0.39, 0.29) is 11.8 Å². The molecule has 0 bridgehead atoms. The highest BCUT2D eigenvalue weighted by Gasteiger charge is 2.31. The van der Waals surface area contributed by atoms with Gasteiger partial charge in [0.2, 0.25) is 5.91 Å². The fourth-order valence-corrected chi connectivity index (χ4v) is 4.22. The molecule has 0 aromatic carbocycles. The second-order valence-corrected chi connectivity index (χ2v) is 7.80. The molecule has 0 spiro atoms. The van der Waals surface area contributed by atoms with E-state index in [1.165, 1.54) is 16.7 Å². The van der Waals surface area contributed by atoms with E-state index in [4.69, 9.17) is 16.6 Å². The summed E-state index contributed by atoms with van der Waals surface area (Å²) in [5.74, 6) is 1.30. The van der Waals surface area contributed by atoms with Crippen LogP contribution in [-0.2, 0) is 9.59 Å². The van der Waals surface area contributed by atoms with E-state index in [2.05, 4.69) is 10.3 Å². The molecule has 2 aliphatic rings. The highest BCUT2D eigenvalue weighted by molar-refractivity contribution is 8.26. The SMILES string of the molecule is O=C(CCCN1C(=O)/C(=C\c2ccco2)SC1=S)NC1=NCCS1. The minimum Gasteiger partial charge on any atom is -0.465 e. The lowest BCUT2D eigenvalue weighted by Crippen LogP contribution is -2.31. The van der Waals surface area contributed by atoms with Gasteiger partial charge in [0.1, 0.15) is 10.1 Å². The van der Waals surface area contributed by atoms with Crippen molar-refractivity contribution >= 4 is 63.1 Å². The third-order valence-electron chi connectivity index (χ3n) is 3.31. The highest BCUT2D eigenvalue weighted by Crippen LogP contribution is 2.32. The van der Waals surface area contributed by atoms with Crippen molar-refractivity contribution in [3.8, 4) is 0 Å². The van der Waals surface area contributed by atoms with Gasteiger partial charge in [-0.2, -0.15) is 0 Å². The summed E-state index contributed by atoms with van der Waals surface area (Å²) >= 11 is 8.05. The maximum absolute atomic E-state index is 12.4. The summed E-state index contributed by atoms with van der Waals surface area (Å²) < 4.78 is 5.73. The van der Waals surface area contributed by atoms with Gasteiger partial charge in [-0.05, 0) is 18.6 Å². The van der Waals surface area contributed by atoms with Crippen molar-refractivity contribution in [3.05, 3.63) is 29.1 Å². The Morgan fingerprint density at radius 2 is 2.42 bits per heavy atom. The van der Waals surface area contributed by atoms with Crippen molar-refractivity contribution in [2.75, 3.05) is 18.8 Å². The first-order chi connectivity index (χ1) is 11.6. The fraction of sp³-hybridized carbons (Fsp3) is 0.333. The molecule has 1 saturated heterocycles. The summed E-state index contributed by atoms with van der Waals surface area (Å²) in [6, 6.07) is 3.54. The van der Waals surface area contributed by atoms with Gasteiger partial charge in [-0.3, -0.25) is 19.5 Å². The second kappa shape index (κ2) is 8.00. The average molecular weight is 382 g/mol. The number of nitrogens with zero attached hydrogens (tertiary/aromatic N) is 2. The number of rotatable bonds is 5. The van der Waals surface area contributed by atoms with Crippen LogP contribution in [0.15, 0.2) is 32.7 Å². The Morgan fingerprint density at radius 3 is 3.12 bits per heavy atom. The maximum Gasteiger partial charge on any atom is 0.266 e. The van der Waals surface area contributed by atoms with Crippen LogP contribution in [0.1, 0.15) is 18.6 Å². The summed E-state index contributed by atoms with van der Waals surface area (Å²) in [5, 5.41) is 3.46. The molecule has 2 amide bonds. The minimum absolute atomic E-state index is 0.0836. The molecule has 126 valence electrons. The van der Waals surface area contributed by atoms with Gasteiger partial charge in [0.05, 0.1) is 17.7 Å². The average Bonchev–Trinajstić information content (AvgIpc) is 3.27. The molecule has 1 aromatic heterocycles. The van der Waals surface area contributed by atoms with E-state index in [0.29, 0.717) is 39.5 Å². The molecule has 3 heterocycles. The minimum atomic E-state index is -0.141. The van der Waals surface area contributed by atoms with Gasteiger partial charge in [-0.1, -0.05) is 35.7 Å². The van der Waals surface area contributed by atoms with Crippen molar-refractivity contribution in [1.29, 1.82) is 0 Å². The fourth-order valence-electron chi connectivity index (χ4n) is 2.19. The van der Waals surface area contributed by atoms with Crippen LogP contribution in [0.2, 0.25) is 0 Å². The number of hydrogen-bond acceptors (Lipinski definition) is 7. The van der Waals surface area contributed by atoms with Crippen LogP contribution >= 0.6 is 35.7 Å². The zero-order valence-electron chi connectivity index (χ0n) is 12.7. The van der Waals surface area contributed by atoms with Crippen LogP contribution in [0.5, 0.6) is 0 Å². The molecule has 0 aliphatic carbocycles. The number of nitrogens with one attached hydrogen (secondary N) is 1. The third-order valence-corrected chi connectivity index (χ3v) is 5.58. The van der Waals surface area contributed by atoms with Crippen LogP contribution in [0.25, 0.3) is 6.08 Å². The molecule has 0 unspecified atom stereocenters. The summed E-state index contributed by atoms with van der Waals surface area (Å²) in [4.78, 5) is 30.5. The van der Waals surface area contributed by atoms with E-state index in [1.807, 2.05) is 0 Å². The Balaban J connectivity index is 1.49. The molecule has 0 saturated carbocycles. The molecule has 24 heavy (non-hydrogen) atoms. The smallest absolute Gasteiger partial charge is 0.266 e. The zero-order valence-corrected chi connectivity index (χ0v) is 15.1. The number of carbonyl (C=O) groups is 2. The highest BCUT2D eigenvalue weighted by atomic mass is 32.2. The van der Waals surface area contributed by atoms with Crippen molar-refractivity contribution in [2.24, 2.45) is 4.99 Å². The molecule has 3 rings (SSSR count). The van der Waals surface area contributed by atoms with Crippen LogP contribution in [0.3, 0.4) is 0 Å². The van der Waals surface area contributed by atoms with E-state index < -0.39 is 0 Å². The molecule has 1 N–H and O–H groups in total. The molecule has 1 aromatic rings. The van der Waals surface area contributed by atoms with E-state index in [1.54, 1.807) is 36.2 Å². The van der Waals surface area contributed by atoms with Gasteiger partial charge in [-0.15, -0.1) is 0 Å². The molecule has 2 aliphatic heterocycles. The van der Waals surface area contributed by atoms with Crippen LogP contribution in [0.4, 0.5) is 0 Å². The topological polar surface area (TPSA) is 74.9 Å². The quantitative estimate of drug-likeness (QED) is 0.624. The molecular formula is C15H15N3O3S3. The number of amides is 2. The van der Waals surface area contributed by atoms with Crippen molar-refractivity contribution in [3.63, 3.8) is 0 Å². The van der Waals surface area contributed by atoms with Crippen molar-refractivity contribution in [1.82, 2.24) is 10.2 Å². The normalized spacial score (nSPS) is 19.2. The predicted molar refractivity (Wildman–Crippen MR) is 101 cm³/mol. The van der Waals surface area contributed by atoms with E-state index in [0.717, 1.165) is 12.3 Å². The molecule has 1 fully saturated rings. The predicted octanol–water partition coefficient (Wildman–Crippen LogP) is 2.48. The van der Waals surface area contributed by atoms with Crippen LogP contribution in [-0.4, -0.2) is 45.0 Å². The van der Waals surface area contributed by atoms with Crippen LogP contribution < -0.4 is 5.32 Å². The van der Waals surface area contributed by atoms with Gasteiger partial charge in [0.25, 0.3) is 5.91 Å². The summed E-state index contributed by atoms with van der Waals surface area (Å²) in [5.41, 5.74) is 0. The zero-order chi connectivity index (χ0) is 16.9. The van der Waals surface area contributed by atoms with Gasteiger partial charge in [0, 0.05) is 24.8 Å². The lowest BCUT2D eigenvalue weighted by atomic mass is 10.2. The second-order valence-electron chi connectivity index (χ2n) is 5.04. The first-order valence-corrected chi connectivity index (χ1v) is 9.60. The first-order valence-electron chi connectivity index (χ1n) is 7.39. The number of carbonyl (C=O) groups excluding carboxylic acids is 2. The summed E-state index contributed by atoms with van der Waals surface area (Å²) in [6.45, 7) is 1.17. The molecule has 0 radical (unpaired) electrons. The standard InChI is InChI=1S/C15H15N3O3S3/c19-12(17-14-16-5-8-23-14)4-1-6-18-13(20)11(24-15(18)22)9-10-3-2-7-21-10/h2-3,7,9H,1,4-6,8H2,(H,16,17,19)/b11-9+. The molecule has 6 nitrogen and oxygen atoms in total. The Hall–Kier alpha value is -1.58. The number of thioether (sulfide) groups is 2. The van der Waals surface area contributed by atoms with Gasteiger partial charge < -0.3 is 9.73 Å². The molecule has 9 heteroatoms. The lowest BCUT2D eigenvalue weighted by molar-refractivity contribution is -0.123. The largest absolute Gasteiger partial charge is 0.465 e. The van der Waals surface area contributed by atoms with Gasteiger partial charge in [-0.25, -0.2) is 0 Å². The van der Waals surface area contributed by atoms with Crippen molar-refractivity contribution < 1.29 is 14.0 Å². The Morgan fingerprint density at radius 1 is 1.54 bits per heavy atom. The number of furan rings is 1. The summed E-state index contributed by atoms with van der Waals surface area (Å²) in [6.07, 6.45) is 4.11. The molecule has 0 atom stereocenters. The maximum atomic E-state index is 12.4. The van der Waals surface area contributed by atoms with E-state index in [9.17, 15) is 9.59 Å². The number of thiocarbonyl (C=S) groups is 1. The number of hydrogen-bond donors (Lipinski definition) is 1. The van der Waals surface area contributed by atoms with E-state index >= 15 is 0 Å². The third kappa shape index (κ3) is 4.28. The molecular weight excluding hydrogens is 366 g/mol. The Kier molecular flexibility index (Phi) is 5.75. The van der Waals surface area contributed by atoms with Crippen LogP contribution in [0, 0.1) is 0 Å². The number of aliphatic imine (C=N–C) groups is 1.